The highest BCUT2D eigenvalue weighted by Crippen LogP contribution is 2.27. The van der Waals surface area contributed by atoms with Crippen LogP contribution in [0.25, 0.3) is 5.69 Å². The van der Waals surface area contributed by atoms with Crippen LogP contribution in [0.1, 0.15) is 32.3 Å². The molecule has 10 heteroatoms. The minimum atomic E-state index is -0.238. The fraction of sp³-hybridized carbons (Fsp3) is 0.250. The fourth-order valence-electron chi connectivity index (χ4n) is 3.02. The summed E-state index contributed by atoms with van der Waals surface area (Å²) in [5, 5.41) is 16.4. The van der Waals surface area contributed by atoms with Gasteiger partial charge in [0, 0.05) is 17.2 Å². The third-order valence-electron chi connectivity index (χ3n) is 4.78. The van der Waals surface area contributed by atoms with Gasteiger partial charge in [0.2, 0.25) is 11.8 Å². The summed E-state index contributed by atoms with van der Waals surface area (Å²) in [4.78, 5) is 12.5. The maximum Gasteiger partial charge on any atom is 0.237 e. The van der Waals surface area contributed by atoms with E-state index in [0.717, 1.165) is 11.4 Å². The summed E-state index contributed by atoms with van der Waals surface area (Å²) in [5.41, 5.74) is 1.45. The van der Waals surface area contributed by atoms with Gasteiger partial charge in [0.1, 0.15) is 12.4 Å². The quantitative estimate of drug-likeness (QED) is 0.320. The van der Waals surface area contributed by atoms with Crippen LogP contribution in [0, 0.1) is 0 Å². The van der Waals surface area contributed by atoms with Crippen molar-refractivity contribution in [2.24, 2.45) is 0 Å². The maximum atomic E-state index is 12.5. The van der Waals surface area contributed by atoms with Crippen molar-refractivity contribution in [2.45, 2.75) is 37.9 Å². The predicted molar refractivity (Wildman–Crippen MR) is 132 cm³/mol. The number of aromatic nitrogens is 4. The van der Waals surface area contributed by atoms with Crippen LogP contribution < -0.4 is 10.1 Å². The van der Waals surface area contributed by atoms with E-state index in [2.05, 4.69) is 20.7 Å². The predicted octanol–water partition coefficient (Wildman–Crippen LogP) is 5.52. The Kier molecular flexibility index (Phi) is 7.23. The lowest BCUT2D eigenvalue weighted by Crippen LogP contribution is -2.15. The minimum absolute atomic E-state index is 0.113. The summed E-state index contributed by atoms with van der Waals surface area (Å²) in [5.74, 6) is 1.33. The Balaban J connectivity index is 1.47. The number of hydrogen-bond acceptors (Lipinski definition) is 7. The Bertz CT molecular complexity index is 1270. The van der Waals surface area contributed by atoms with Crippen LogP contribution >= 0.6 is 23.4 Å². The topological polar surface area (TPSA) is 95.1 Å². The second kappa shape index (κ2) is 10.3. The van der Waals surface area contributed by atoms with Gasteiger partial charge in [-0.25, -0.2) is 0 Å². The first-order chi connectivity index (χ1) is 16.3. The number of benzene rings is 2. The Morgan fingerprint density at radius 2 is 1.85 bits per heavy atom. The monoisotopic (exact) mass is 497 g/mol. The van der Waals surface area contributed by atoms with E-state index >= 15 is 0 Å². The number of anilines is 1. The van der Waals surface area contributed by atoms with Crippen LogP contribution in [0.3, 0.4) is 0 Å². The Labute approximate surface area is 206 Å². The van der Waals surface area contributed by atoms with Gasteiger partial charge in [0.05, 0.1) is 16.5 Å². The normalized spacial score (nSPS) is 11.4. The van der Waals surface area contributed by atoms with Gasteiger partial charge < -0.3 is 9.26 Å². The molecule has 4 rings (SSSR count). The number of hydrogen-bond donors (Lipinski definition) is 1. The molecule has 2 aromatic carbocycles. The van der Waals surface area contributed by atoms with Crippen molar-refractivity contribution in [1.29, 1.82) is 0 Å². The summed E-state index contributed by atoms with van der Waals surface area (Å²) in [6, 6.07) is 18.6. The number of nitrogens with zero attached hydrogens (tertiary/aromatic N) is 4. The molecule has 176 valence electrons. The van der Waals surface area contributed by atoms with Crippen LogP contribution in [0.15, 0.2) is 70.3 Å². The molecule has 0 aliphatic heterocycles. The van der Waals surface area contributed by atoms with Crippen LogP contribution in [-0.4, -0.2) is 31.6 Å². The Hall–Kier alpha value is -3.30. The van der Waals surface area contributed by atoms with Gasteiger partial charge in [-0.15, -0.1) is 10.2 Å². The number of carbonyl (C=O) groups is 1. The Morgan fingerprint density at radius 1 is 1.12 bits per heavy atom. The number of para-hydroxylation sites is 2. The number of ether oxygens (including phenoxy) is 1. The smallest absolute Gasteiger partial charge is 0.237 e. The standard InChI is InChI=1S/C24H24ClN5O3S/c1-24(2,3)19-13-22(33-29-19)26-21(31)15-34-23-28-27-20(30(23)16-9-5-4-6-10-16)14-32-18-12-8-7-11-17(18)25/h4-13H,14-15H2,1-3H3,(H,26,31). The van der Waals surface area contributed by atoms with Gasteiger partial charge in [-0.1, -0.05) is 79.6 Å². The molecule has 0 saturated carbocycles. The van der Waals surface area contributed by atoms with Crippen LogP contribution in [0.4, 0.5) is 5.88 Å². The molecule has 2 aromatic heterocycles. The van der Waals surface area contributed by atoms with Crippen molar-refractivity contribution in [3.8, 4) is 11.4 Å². The summed E-state index contributed by atoms with van der Waals surface area (Å²) >= 11 is 7.46. The van der Waals surface area contributed by atoms with E-state index < -0.39 is 0 Å². The van der Waals surface area contributed by atoms with Crippen LogP contribution in [0.5, 0.6) is 5.75 Å². The average molecular weight is 498 g/mol. The van der Waals surface area contributed by atoms with E-state index in [4.69, 9.17) is 20.9 Å². The SMILES string of the molecule is CC(C)(C)c1cc(NC(=O)CSc2nnc(COc3ccccc3Cl)n2-c2ccccc2)on1. The molecular weight excluding hydrogens is 474 g/mol. The van der Waals surface area contributed by atoms with Crippen molar-refractivity contribution in [3.05, 3.63) is 77.2 Å². The third kappa shape index (κ3) is 5.78. The van der Waals surface area contributed by atoms with Crippen molar-refractivity contribution in [2.75, 3.05) is 11.1 Å². The van der Waals surface area contributed by atoms with Gasteiger partial charge in [0.15, 0.2) is 11.0 Å². The third-order valence-corrected chi connectivity index (χ3v) is 6.02. The molecule has 1 amide bonds. The molecule has 34 heavy (non-hydrogen) atoms. The van der Waals surface area contributed by atoms with E-state index in [1.54, 1.807) is 18.2 Å². The van der Waals surface area contributed by atoms with Crippen molar-refractivity contribution >= 4 is 35.2 Å². The van der Waals surface area contributed by atoms with Gasteiger partial charge in [0.25, 0.3) is 0 Å². The first-order valence-corrected chi connectivity index (χ1v) is 11.9. The zero-order valence-corrected chi connectivity index (χ0v) is 20.6. The number of amides is 1. The lowest BCUT2D eigenvalue weighted by molar-refractivity contribution is -0.113. The molecule has 0 bridgehead atoms. The zero-order valence-electron chi connectivity index (χ0n) is 19.0. The molecule has 0 aliphatic carbocycles. The molecule has 0 radical (unpaired) electrons. The van der Waals surface area contributed by atoms with E-state index in [1.807, 2.05) is 67.8 Å². The lowest BCUT2D eigenvalue weighted by atomic mass is 9.92. The average Bonchev–Trinajstić information content (AvgIpc) is 3.45. The number of carbonyl (C=O) groups excluding carboxylic acids is 1. The molecule has 0 spiro atoms. The molecule has 0 unspecified atom stereocenters. The summed E-state index contributed by atoms with van der Waals surface area (Å²) < 4.78 is 13.0. The minimum Gasteiger partial charge on any atom is -0.484 e. The van der Waals surface area contributed by atoms with Gasteiger partial charge in [-0.3, -0.25) is 14.7 Å². The van der Waals surface area contributed by atoms with Crippen molar-refractivity contribution < 1.29 is 14.1 Å². The Morgan fingerprint density at radius 3 is 2.56 bits per heavy atom. The molecule has 0 fully saturated rings. The second-order valence-electron chi connectivity index (χ2n) is 8.45. The second-order valence-corrected chi connectivity index (χ2v) is 9.80. The molecule has 2 heterocycles. The van der Waals surface area contributed by atoms with Gasteiger partial charge in [-0.05, 0) is 24.3 Å². The van der Waals surface area contributed by atoms with Crippen LogP contribution in [0.2, 0.25) is 5.02 Å². The first-order valence-electron chi connectivity index (χ1n) is 10.6. The molecular formula is C24H24ClN5O3S. The molecule has 0 aliphatic rings. The van der Waals surface area contributed by atoms with E-state index in [1.165, 1.54) is 11.8 Å². The summed E-state index contributed by atoms with van der Waals surface area (Å²) in [7, 11) is 0. The highest BCUT2D eigenvalue weighted by atomic mass is 35.5. The van der Waals surface area contributed by atoms with Gasteiger partial charge >= 0.3 is 0 Å². The number of nitrogens with one attached hydrogen (secondary N) is 1. The van der Waals surface area contributed by atoms with Gasteiger partial charge in [-0.2, -0.15) is 0 Å². The highest BCUT2D eigenvalue weighted by Gasteiger charge is 2.21. The maximum absolute atomic E-state index is 12.5. The number of thioether (sulfide) groups is 1. The van der Waals surface area contributed by atoms with E-state index in [-0.39, 0.29) is 23.7 Å². The molecule has 8 nitrogen and oxygen atoms in total. The molecule has 0 atom stereocenters. The van der Waals surface area contributed by atoms with Crippen molar-refractivity contribution in [1.82, 2.24) is 19.9 Å². The number of rotatable bonds is 8. The highest BCUT2D eigenvalue weighted by molar-refractivity contribution is 7.99. The number of halogens is 1. The van der Waals surface area contributed by atoms with Crippen LogP contribution in [-0.2, 0) is 16.8 Å². The summed E-state index contributed by atoms with van der Waals surface area (Å²) in [6.45, 7) is 6.23. The van der Waals surface area contributed by atoms with E-state index in [9.17, 15) is 4.79 Å². The van der Waals surface area contributed by atoms with Crippen molar-refractivity contribution in [3.63, 3.8) is 0 Å². The van der Waals surface area contributed by atoms with E-state index in [0.29, 0.717) is 27.6 Å². The molecule has 0 saturated heterocycles. The molecule has 4 aromatic rings. The summed E-state index contributed by atoms with van der Waals surface area (Å²) in [6.07, 6.45) is 0. The molecule has 1 N–H and O–H groups in total. The zero-order chi connectivity index (χ0) is 24.1. The first kappa shape index (κ1) is 23.8. The lowest BCUT2D eigenvalue weighted by Gasteiger charge is -2.12. The fourth-order valence-corrected chi connectivity index (χ4v) is 3.98. The largest absolute Gasteiger partial charge is 0.484 e.